The summed E-state index contributed by atoms with van der Waals surface area (Å²) in [5, 5.41) is 9.75. The van der Waals surface area contributed by atoms with Crippen molar-refractivity contribution in [2.45, 2.75) is 25.8 Å². The van der Waals surface area contributed by atoms with Crippen molar-refractivity contribution in [3.05, 3.63) is 23.8 Å². The van der Waals surface area contributed by atoms with E-state index in [0.29, 0.717) is 6.61 Å². The monoisotopic (exact) mass is 267 g/mol. The number of phenols is 1. The van der Waals surface area contributed by atoms with Crippen molar-refractivity contribution in [2.24, 2.45) is 5.73 Å². The van der Waals surface area contributed by atoms with Crippen LogP contribution in [0.25, 0.3) is 0 Å². The average Bonchev–Trinajstić information content (AvgIpc) is 2.20. The van der Waals surface area contributed by atoms with Crippen LogP contribution in [0.2, 0.25) is 0 Å². The molecule has 0 unspecified atom stereocenters. The lowest BCUT2D eigenvalue weighted by molar-refractivity contribution is 0.128. The molecule has 3 nitrogen and oxygen atoms in total. The molecule has 1 atom stereocenters. The first-order valence-corrected chi connectivity index (χ1v) is 5.04. The Morgan fingerprint density at radius 2 is 2.06 bits per heavy atom. The third-order valence-corrected chi connectivity index (χ3v) is 2.16. The molecule has 98 valence electrons. The molecule has 0 amide bonds. The fraction of sp³-hybridized carbons (Fsp3) is 0.455. The predicted octanol–water partition coefficient (Wildman–Crippen LogP) is 2.87. The van der Waals surface area contributed by atoms with E-state index in [1.807, 2.05) is 0 Å². The lowest BCUT2D eigenvalue weighted by Gasteiger charge is -2.15. The fourth-order valence-electron chi connectivity index (χ4n) is 1.43. The normalized spacial score (nSPS) is 12.1. The van der Waals surface area contributed by atoms with Crippen LogP contribution in [0.15, 0.2) is 18.2 Å². The van der Waals surface area contributed by atoms with Crippen LogP contribution in [0.1, 0.15) is 24.9 Å². The van der Waals surface area contributed by atoms with Gasteiger partial charge in [-0.05, 0) is 13.0 Å². The van der Waals surface area contributed by atoms with Gasteiger partial charge >= 0.3 is 0 Å². The van der Waals surface area contributed by atoms with Crippen LogP contribution in [0.4, 0.5) is 8.78 Å². The minimum atomic E-state index is -2.50. The van der Waals surface area contributed by atoms with Crippen LogP contribution in [-0.4, -0.2) is 18.1 Å². The highest BCUT2D eigenvalue weighted by molar-refractivity contribution is 5.85. The van der Waals surface area contributed by atoms with Crippen LogP contribution >= 0.6 is 12.4 Å². The summed E-state index contributed by atoms with van der Waals surface area (Å²) in [5.74, 6) is 0.113. The number of aromatic hydroxyl groups is 1. The van der Waals surface area contributed by atoms with E-state index in [9.17, 15) is 13.9 Å². The third kappa shape index (κ3) is 4.36. The van der Waals surface area contributed by atoms with Crippen molar-refractivity contribution in [1.82, 2.24) is 0 Å². The smallest absolute Gasteiger partial charge is 0.240 e. The molecule has 0 saturated heterocycles. The standard InChI is InChI=1S/C11H15F2NO2.ClH/c1-2-16-9-5-3-4-7(11(9)15)8(14)6-10(12)13;/h3-5,8,10,15H,2,6,14H2,1H3;1H/t8-;/m0./s1. The van der Waals surface area contributed by atoms with E-state index in [0.717, 1.165) is 0 Å². The molecule has 0 aliphatic rings. The van der Waals surface area contributed by atoms with Gasteiger partial charge in [0.25, 0.3) is 0 Å². The van der Waals surface area contributed by atoms with E-state index in [2.05, 4.69) is 0 Å². The molecular formula is C11H16ClF2NO2. The van der Waals surface area contributed by atoms with E-state index in [-0.39, 0.29) is 29.5 Å². The first kappa shape index (κ1) is 15.9. The van der Waals surface area contributed by atoms with Crippen molar-refractivity contribution in [1.29, 1.82) is 0 Å². The number of nitrogens with two attached hydrogens (primary N) is 1. The van der Waals surface area contributed by atoms with E-state index < -0.39 is 18.9 Å². The van der Waals surface area contributed by atoms with Crippen molar-refractivity contribution in [3.63, 3.8) is 0 Å². The van der Waals surface area contributed by atoms with E-state index in [1.165, 1.54) is 6.07 Å². The Balaban J connectivity index is 0.00000256. The number of hydrogen-bond donors (Lipinski definition) is 2. The topological polar surface area (TPSA) is 55.5 Å². The molecule has 0 aromatic heterocycles. The number of alkyl halides is 2. The van der Waals surface area contributed by atoms with Crippen molar-refractivity contribution in [2.75, 3.05) is 6.61 Å². The molecule has 6 heteroatoms. The Labute approximate surface area is 105 Å². The molecule has 17 heavy (non-hydrogen) atoms. The Morgan fingerprint density at radius 1 is 1.41 bits per heavy atom. The molecule has 0 heterocycles. The highest BCUT2D eigenvalue weighted by Gasteiger charge is 2.18. The number of hydrogen-bond acceptors (Lipinski definition) is 3. The molecule has 1 rings (SSSR count). The summed E-state index contributed by atoms with van der Waals surface area (Å²) in [4.78, 5) is 0. The first-order chi connectivity index (χ1) is 7.56. The summed E-state index contributed by atoms with van der Waals surface area (Å²) in [6.45, 7) is 2.16. The van der Waals surface area contributed by atoms with E-state index in [1.54, 1.807) is 19.1 Å². The molecule has 1 aromatic carbocycles. The van der Waals surface area contributed by atoms with Gasteiger partial charge in [0.15, 0.2) is 11.5 Å². The van der Waals surface area contributed by atoms with Crippen LogP contribution in [0.3, 0.4) is 0 Å². The maximum atomic E-state index is 12.2. The molecule has 1 aromatic rings. The molecule has 0 aliphatic carbocycles. The summed E-state index contributed by atoms with van der Waals surface area (Å²) in [6.07, 6.45) is -2.98. The number of benzene rings is 1. The van der Waals surface area contributed by atoms with Gasteiger partial charge in [-0.1, -0.05) is 12.1 Å². The molecular weight excluding hydrogens is 252 g/mol. The zero-order chi connectivity index (χ0) is 12.1. The molecule has 0 radical (unpaired) electrons. The lowest BCUT2D eigenvalue weighted by Crippen LogP contribution is -2.14. The van der Waals surface area contributed by atoms with Crippen molar-refractivity contribution in [3.8, 4) is 11.5 Å². The number of phenolic OH excluding ortho intramolecular Hbond substituents is 1. The fourth-order valence-corrected chi connectivity index (χ4v) is 1.43. The second-order valence-electron chi connectivity index (χ2n) is 3.36. The van der Waals surface area contributed by atoms with Crippen LogP contribution in [0, 0.1) is 0 Å². The van der Waals surface area contributed by atoms with Gasteiger partial charge in [0.05, 0.1) is 6.61 Å². The van der Waals surface area contributed by atoms with Crippen LogP contribution < -0.4 is 10.5 Å². The SMILES string of the molecule is CCOc1cccc([C@@H](N)CC(F)F)c1O.Cl. The Morgan fingerprint density at radius 3 is 2.59 bits per heavy atom. The minimum Gasteiger partial charge on any atom is -0.504 e. The van der Waals surface area contributed by atoms with Gasteiger partial charge in [-0.25, -0.2) is 8.78 Å². The minimum absolute atomic E-state index is 0. The second kappa shape index (κ2) is 7.29. The van der Waals surface area contributed by atoms with Gasteiger partial charge in [-0.3, -0.25) is 0 Å². The number of para-hydroxylation sites is 1. The zero-order valence-corrected chi connectivity index (χ0v) is 10.2. The summed E-state index contributed by atoms with van der Waals surface area (Å²) < 4.78 is 29.5. The number of rotatable bonds is 5. The largest absolute Gasteiger partial charge is 0.504 e. The molecule has 3 N–H and O–H groups in total. The average molecular weight is 268 g/mol. The van der Waals surface area contributed by atoms with Gasteiger partial charge < -0.3 is 15.6 Å². The van der Waals surface area contributed by atoms with Gasteiger partial charge in [0.1, 0.15) is 0 Å². The van der Waals surface area contributed by atoms with E-state index >= 15 is 0 Å². The van der Waals surface area contributed by atoms with Crippen molar-refractivity contribution < 1.29 is 18.6 Å². The van der Waals surface area contributed by atoms with Crippen LogP contribution in [-0.2, 0) is 0 Å². The summed E-state index contributed by atoms with van der Waals surface area (Å²) >= 11 is 0. The molecule has 0 spiro atoms. The zero-order valence-electron chi connectivity index (χ0n) is 9.40. The lowest BCUT2D eigenvalue weighted by atomic mass is 10.0. The van der Waals surface area contributed by atoms with Crippen LogP contribution in [0.5, 0.6) is 11.5 Å². The van der Waals surface area contributed by atoms with E-state index in [4.69, 9.17) is 10.5 Å². The molecule has 0 aliphatic heterocycles. The summed E-state index contributed by atoms with van der Waals surface area (Å²) in [7, 11) is 0. The molecule has 0 fully saturated rings. The highest BCUT2D eigenvalue weighted by Crippen LogP contribution is 2.34. The summed E-state index contributed by atoms with van der Waals surface area (Å²) in [6, 6.07) is 3.81. The Kier molecular flexibility index (Phi) is 6.83. The summed E-state index contributed by atoms with van der Waals surface area (Å²) in [5.41, 5.74) is 5.85. The maximum absolute atomic E-state index is 12.2. The number of ether oxygens (including phenoxy) is 1. The predicted molar refractivity (Wildman–Crippen MR) is 64.1 cm³/mol. The molecule has 0 saturated carbocycles. The quantitative estimate of drug-likeness (QED) is 0.862. The van der Waals surface area contributed by atoms with Gasteiger partial charge in [0.2, 0.25) is 6.43 Å². The first-order valence-electron chi connectivity index (χ1n) is 5.04. The van der Waals surface area contributed by atoms with Gasteiger partial charge in [-0.15, -0.1) is 12.4 Å². The Bertz CT molecular complexity index is 350. The van der Waals surface area contributed by atoms with Gasteiger partial charge in [0, 0.05) is 18.0 Å². The van der Waals surface area contributed by atoms with Gasteiger partial charge in [-0.2, -0.15) is 0 Å². The maximum Gasteiger partial charge on any atom is 0.240 e. The number of halogens is 3. The third-order valence-electron chi connectivity index (χ3n) is 2.16. The highest BCUT2D eigenvalue weighted by atomic mass is 35.5. The van der Waals surface area contributed by atoms with Crippen molar-refractivity contribution >= 4 is 12.4 Å². The Hall–Kier alpha value is -1.07. The second-order valence-corrected chi connectivity index (χ2v) is 3.36. The molecule has 0 bridgehead atoms.